The normalized spacial score (nSPS) is 12.1. The molecule has 0 amide bonds. The maximum Gasteiger partial charge on any atom is 0.269 e. The zero-order valence-electron chi connectivity index (χ0n) is 15.6. The van der Waals surface area contributed by atoms with E-state index < -0.39 is 4.92 Å². The lowest BCUT2D eigenvalue weighted by molar-refractivity contribution is -0.384. The molecule has 0 heterocycles. The van der Waals surface area contributed by atoms with Crippen molar-refractivity contribution in [2.45, 2.75) is 26.3 Å². The molecular weight excluding hydrogens is 344 g/mol. The van der Waals surface area contributed by atoms with E-state index >= 15 is 0 Å². The van der Waals surface area contributed by atoms with Gasteiger partial charge < -0.3 is 10.1 Å². The number of benzene rings is 2. The van der Waals surface area contributed by atoms with Gasteiger partial charge in [-0.15, -0.1) is 0 Å². The Morgan fingerprint density at radius 3 is 2.22 bits per heavy atom. The van der Waals surface area contributed by atoms with E-state index in [0.29, 0.717) is 24.6 Å². The first-order valence-corrected chi connectivity index (χ1v) is 8.69. The first-order valence-electron chi connectivity index (χ1n) is 8.69. The molecule has 2 aromatic carbocycles. The molecule has 0 aliphatic carbocycles. The number of hydrogen-bond acceptors (Lipinski definition) is 6. The van der Waals surface area contributed by atoms with E-state index in [2.05, 4.69) is 29.0 Å². The quantitative estimate of drug-likeness (QED) is 0.189. The van der Waals surface area contributed by atoms with Gasteiger partial charge in [0.2, 0.25) is 0 Å². The molecule has 0 aromatic heterocycles. The van der Waals surface area contributed by atoms with Crippen LogP contribution < -0.4 is 5.32 Å². The largest absolute Gasteiger partial charge is 0.383 e. The number of nitrogens with zero attached hydrogens (tertiary/aromatic N) is 3. The highest BCUT2D eigenvalue weighted by Gasteiger charge is 2.04. The van der Waals surface area contributed by atoms with Gasteiger partial charge >= 0.3 is 0 Å². The zero-order chi connectivity index (χ0) is 19.6. The van der Waals surface area contributed by atoms with Crippen molar-refractivity contribution in [1.82, 2.24) is 0 Å². The number of rotatable bonds is 10. The van der Waals surface area contributed by atoms with Crippen molar-refractivity contribution in [3.05, 3.63) is 70.8 Å². The number of anilines is 1. The number of nitro groups is 1. The van der Waals surface area contributed by atoms with Crippen LogP contribution in [0.3, 0.4) is 0 Å². The van der Waals surface area contributed by atoms with Crippen LogP contribution >= 0.6 is 0 Å². The number of non-ortho nitro benzene ring substituents is 1. The summed E-state index contributed by atoms with van der Waals surface area (Å²) < 4.78 is 5.51. The lowest BCUT2D eigenvalue weighted by Crippen LogP contribution is -2.17. The fourth-order valence-corrected chi connectivity index (χ4v) is 2.24. The van der Waals surface area contributed by atoms with Gasteiger partial charge in [-0.2, -0.15) is 10.2 Å². The Kier molecular flexibility index (Phi) is 7.63. The Morgan fingerprint density at radius 2 is 1.70 bits per heavy atom. The van der Waals surface area contributed by atoms with E-state index in [0.717, 1.165) is 17.7 Å². The standard InChI is InChI=1S/C20H24N4O3/c1-15(2)14-27-13-12-16(3)21-17-4-6-18(7-5-17)22-23-19-8-10-20(11-9-19)24(25)26/h4-11,16,21H,1,12-14H2,2-3H3. The summed E-state index contributed by atoms with van der Waals surface area (Å²) in [5.74, 6) is 0. The number of nitrogens with one attached hydrogen (secondary N) is 1. The van der Waals surface area contributed by atoms with Crippen LogP contribution in [-0.4, -0.2) is 24.2 Å². The van der Waals surface area contributed by atoms with E-state index in [1.807, 2.05) is 31.2 Å². The predicted octanol–water partition coefficient (Wildman–Crippen LogP) is 5.79. The van der Waals surface area contributed by atoms with Crippen LogP contribution in [0.4, 0.5) is 22.7 Å². The second kappa shape index (κ2) is 10.2. The third-order valence-corrected chi connectivity index (χ3v) is 3.67. The van der Waals surface area contributed by atoms with Gasteiger partial charge in [0, 0.05) is 30.5 Å². The van der Waals surface area contributed by atoms with Crippen LogP contribution in [0.25, 0.3) is 0 Å². The highest BCUT2D eigenvalue weighted by molar-refractivity contribution is 5.51. The highest BCUT2D eigenvalue weighted by Crippen LogP contribution is 2.22. The fraction of sp³-hybridized carbons (Fsp3) is 0.300. The Morgan fingerprint density at radius 1 is 1.15 bits per heavy atom. The van der Waals surface area contributed by atoms with Crippen LogP contribution in [0.2, 0.25) is 0 Å². The number of nitro benzene ring substituents is 1. The fourth-order valence-electron chi connectivity index (χ4n) is 2.24. The second-order valence-electron chi connectivity index (χ2n) is 6.36. The SMILES string of the molecule is C=C(C)COCCC(C)Nc1ccc(N=Nc2ccc([N+](=O)[O-])cc2)cc1. The Balaban J connectivity index is 1.83. The van der Waals surface area contributed by atoms with Crippen molar-refractivity contribution in [1.29, 1.82) is 0 Å². The van der Waals surface area contributed by atoms with Gasteiger partial charge in [-0.1, -0.05) is 12.2 Å². The molecular formula is C20H24N4O3. The van der Waals surface area contributed by atoms with Crippen LogP contribution in [0.5, 0.6) is 0 Å². The molecule has 1 unspecified atom stereocenters. The first kappa shape index (κ1) is 20.3. The summed E-state index contributed by atoms with van der Waals surface area (Å²) in [6.07, 6.45) is 0.898. The lowest BCUT2D eigenvalue weighted by atomic mass is 10.2. The van der Waals surface area contributed by atoms with Gasteiger partial charge in [0.1, 0.15) is 0 Å². The topological polar surface area (TPSA) is 89.1 Å². The first-order chi connectivity index (χ1) is 12.9. The molecule has 0 saturated carbocycles. The third-order valence-electron chi connectivity index (χ3n) is 3.67. The minimum Gasteiger partial charge on any atom is -0.383 e. The summed E-state index contributed by atoms with van der Waals surface area (Å²) in [4.78, 5) is 10.2. The van der Waals surface area contributed by atoms with Crippen molar-refractivity contribution in [3.63, 3.8) is 0 Å². The molecule has 1 atom stereocenters. The molecule has 27 heavy (non-hydrogen) atoms. The summed E-state index contributed by atoms with van der Waals surface area (Å²) in [5.41, 5.74) is 3.32. The average Bonchev–Trinajstić information content (AvgIpc) is 2.65. The third kappa shape index (κ3) is 7.37. The van der Waals surface area contributed by atoms with E-state index in [-0.39, 0.29) is 11.7 Å². The van der Waals surface area contributed by atoms with Crippen molar-refractivity contribution in [2.24, 2.45) is 10.2 Å². The van der Waals surface area contributed by atoms with Crippen molar-refractivity contribution in [2.75, 3.05) is 18.5 Å². The Bertz CT molecular complexity index is 786. The molecule has 0 fully saturated rings. The second-order valence-corrected chi connectivity index (χ2v) is 6.36. The van der Waals surface area contributed by atoms with E-state index in [1.165, 1.54) is 12.1 Å². The molecule has 0 aliphatic rings. The predicted molar refractivity (Wildman–Crippen MR) is 107 cm³/mol. The number of hydrogen-bond donors (Lipinski definition) is 1. The van der Waals surface area contributed by atoms with Crippen LogP contribution in [0.15, 0.2) is 70.9 Å². The molecule has 142 valence electrons. The summed E-state index contributed by atoms with van der Waals surface area (Å²) in [7, 11) is 0. The maximum atomic E-state index is 10.6. The van der Waals surface area contributed by atoms with Crippen LogP contribution in [0.1, 0.15) is 20.3 Å². The van der Waals surface area contributed by atoms with Crippen molar-refractivity contribution in [3.8, 4) is 0 Å². The minimum absolute atomic E-state index is 0.0310. The molecule has 1 N–H and O–H groups in total. The smallest absolute Gasteiger partial charge is 0.269 e. The zero-order valence-corrected chi connectivity index (χ0v) is 15.6. The van der Waals surface area contributed by atoms with Gasteiger partial charge in [-0.05, 0) is 56.7 Å². The van der Waals surface area contributed by atoms with Gasteiger partial charge in [-0.25, -0.2) is 0 Å². The van der Waals surface area contributed by atoms with Crippen LogP contribution in [-0.2, 0) is 4.74 Å². The number of azo groups is 1. The summed E-state index contributed by atoms with van der Waals surface area (Å²) in [5, 5.41) is 22.3. The van der Waals surface area contributed by atoms with E-state index in [9.17, 15) is 10.1 Å². The molecule has 7 nitrogen and oxygen atoms in total. The monoisotopic (exact) mass is 368 g/mol. The van der Waals surface area contributed by atoms with Gasteiger partial charge in [0.05, 0.1) is 22.9 Å². The Hall–Kier alpha value is -3.06. The van der Waals surface area contributed by atoms with Crippen molar-refractivity contribution < 1.29 is 9.66 Å². The van der Waals surface area contributed by atoms with E-state index in [1.54, 1.807) is 12.1 Å². The molecule has 0 radical (unpaired) electrons. The minimum atomic E-state index is -0.444. The van der Waals surface area contributed by atoms with Gasteiger partial charge in [0.25, 0.3) is 5.69 Å². The Labute approximate surface area is 158 Å². The molecule has 0 aliphatic heterocycles. The summed E-state index contributed by atoms with van der Waals surface area (Å²) in [6, 6.07) is 13.8. The summed E-state index contributed by atoms with van der Waals surface area (Å²) >= 11 is 0. The average molecular weight is 368 g/mol. The van der Waals surface area contributed by atoms with Gasteiger partial charge in [0.15, 0.2) is 0 Å². The van der Waals surface area contributed by atoms with Gasteiger partial charge in [-0.3, -0.25) is 10.1 Å². The molecule has 2 rings (SSSR count). The van der Waals surface area contributed by atoms with Crippen molar-refractivity contribution >= 4 is 22.7 Å². The summed E-state index contributed by atoms with van der Waals surface area (Å²) in [6.45, 7) is 9.14. The van der Waals surface area contributed by atoms with E-state index in [4.69, 9.17) is 4.74 Å². The molecule has 0 bridgehead atoms. The number of ether oxygens (including phenoxy) is 1. The molecule has 7 heteroatoms. The molecule has 0 saturated heterocycles. The molecule has 2 aromatic rings. The maximum absolute atomic E-state index is 10.6. The molecule has 0 spiro atoms. The lowest BCUT2D eigenvalue weighted by Gasteiger charge is -2.15. The van der Waals surface area contributed by atoms with Crippen LogP contribution in [0, 0.1) is 10.1 Å². The highest BCUT2D eigenvalue weighted by atomic mass is 16.6.